The molecule has 0 unspecified atom stereocenters. The summed E-state index contributed by atoms with van der Waals surface area (Å²) in [6, 6.07) is 0.740. The molecule has 0 saturated heterocycles. The molecule has 0 fully saturated rings. The van der Waals surface area contributed by atoms with Gasteiger partial charge in [-0.2, -0.15) is 26.3 Å². The zero-order valence-corrected chi connectivity index (χ0v) is 10.3. The summed E-state index contributed by atoms with van der Waals surface area (Å²) in [4.78, 5) is 24.0. The Bertz CT molecular complexity index is 560. The largest absolute Gasteiger partial charge is 0.472 e. The standard InChI is InChI=1S/C9H4ClF6N3O2/c10-3-1-4(17)5(18-2-3)19(6(20)8(11,12)13)7(21)9(14,15)16/h1-2H,17H2. The van der Waals surface area contributed by atoms with E-state index in [0.29, 0.717) is 6.20 Å². The predicted octanol–water partition coefficient (Wildman–Crippen LogP) is 2.30. The van der Waals surface area contributed by atoms with Crippen molar-refractivity contribution in [3.05, 3.63) is 17.3 Å². The van der Waals surface area contributed by atoms with E-state index >= 15 is 0 Å². The van der Waals surface area contributed by atoms with Crippen LogP contribution in [0.15, 0.2) is 12.3 Å². The lowest BCUT2D eigenvalue weighted by Crippen LogP contribution is -2.51. The van der Waals surface area contributed by atoms with Crippen molar-refractivity contribution >= 4 is 34.9 Å². The molecule has 1 heterocycles. The minimum atomic E-state index is -5.74. The van der Waals surface area contributed by atoms with Gasteiger partial charge in [-0.25, -0.2) is 9.88 Å². The van der Waals surface area contributed by atoms with E-state index in [2.05, 4.69) is 4.98 Å². The average Bonchev–Trinajstić information content (AvgIpc) is 2.29. The molecule has 0 saturated carbocycles. The van der Waals surface area contributed by atoms with Crippen molar-refractivity contribution in [2.75, 3.05) is 10.6 Å². The van der Waals surface area contributed by atoms with Gasteiger partial charge in [0.05, 0.1) is 10.7 Å². The number of rotatable bonds is 1. The maximum absolute atomic E-state index is 12.3. The van der Waals surface area contributed by atoms with Crippen LogP contribution in [0.1, 0.15) is 0 Å². The number of nitrogens with two attached hydrogens (primary N) is 1. The van der Waals surface area contributed by atoms with Crippen molar-refractivity contribution < 1.29 is 35.9 Å². The van der Waals surface area contributed by atoms with Crippen molar-refractivity contribution in [3.63, 3.8) is 0 Å². The second-order valence-electron chi connectivity index (χ2n) is 3.51. The topological polar surface area (TPSA) is 76.3 Å². The Labute approximate surface area is 117 Å². The number of imide groups is 1. The molecular formula is C9H4ClF6N3O2. The van der Waals surface area contributed by atoms with E-state index in [9.17, 15) is 35.9 Å². The van der Waals surface area contributed by atoms with Crippen LogP contribution in [0, 0.1) is 0 Å². The van der Waals surface area contributed by atoms with Crippen LogP contribution in [0.2, 0.25) is 5.02 Å². The van der Waals surface area contributed by atoms with Crippen molar-refractivity contribution in [1.29, 1.82) is 0 Å². The van der Waals surface area contributed by atoms with Crippen LogP contribution in [0.3, 0.4) is 0 Å². The Morgan fingerprint density at radius 2 is 1.52 bits per heavy atom. The third-order valence-corrected chi connectivity index (χ3v) is 2.17. The molecule has 21 heavy (non-hydrogen) atoms. The van der Waals surface area contributed by atoms with E-state index in [1.807, 2.05) is 0 Å². The smallest absolute Gasteiger partial charge is 0.396 e. The van der Waals surface area contributed by atoms with E-state index in [1.165, 1.54) is 0 Å². The SMILES string of the molecule is Nc1cc(Cl)cnc1N(C(=O)C(F)(F)F)C(=O)C(F)(F)F. The fourth-order valence-corrected chi connectivity index (χ4v) is 1.34. The number of aromatic nitrogens is 1. The van der Waals surface area contributed by atoms with E-state index in [0.717, 1.165) is 6.07 Å². The van der Waals surface area contributed by atoms with E-state index in [4.69, 9.17) is 17.3 Å². The highest BCUT2D eigenvalue weighted by Gasteiger charge is 2.53. The maximum atomic E-state index is 12.3. The Morgan fingerprint density at radius 1 is 1.10 bits per heavy atom. The minimum Gasteiger partial charge on any atom is -0.396 e. The normalized spacial score (nSPS) is 12.1. The third kappa shape index (κ3) is 3.74. The molecule has 1 rings (SSSR count). The number of carbonyl (C=O) groups is 2. The summed E-state index contributed by atoms with van der Waals surface area (Å²) in [5.41, 5.74) is 4.35. The molecule has 1 aromatic rings. The highest BCUT2D eigenvalue weighted by atomic mass is 35.5. The first-order valence-electron chi connectivity index (χ1n) is 4.79. The average molecular weight is 336 g/mol. The summed E-state index contributed by atoms with van der Waals surface area (Å²) in [5, 5.41) is -0.213. The van der Waals surface area contributed by atoms with Gasteiger partial charge in [-0.1, -0.05) is 11.6 Å². The molecule has 0 atom stereocenters. The Kier molecular flexibility index (Phi) is 4.37. The molecule has 0 aliphatic rings. The fraction of sp³-hybridized carbons (Fsp3) is 0.222. The van der Waals surface area contributed by atoms with E-state index in [1.54, 1.807) is 0 Å². The van der Waals surface area contributed by atoms with Crippen LogP contribution in [-0.2, 0) is 9.59 Å². The van der Waals surface area contributed by atoms with Crippen molar-refractivity contribution in [2.45, 2.75) is 12.4 Å². The number of carbonyl (C=O) groups excluding carboxylic acids is 2. The van der Waals surface area contributed by atoms with Crippen LogP contribution < -0.4 is 10.6 Å². The zero-order valence-electron chi connectivity index (χ0n) is 9.59. The first-order chi connectivity index (χ1) is 9.35. The summed E-state index contributed by atoms with van der Waals surface area (Å²) in [7, 11) is 0. The number of hydrogen-bond donors (Lipinski definition) is 1. The number of nitrogen functional groups attached to an aromatic ring is 1. The van der Waals surface area contributed by atoms with Crippen molar-refractivity contribution in [3.8, 4) is 0 Å². The van der Waals surface area contributed by atoms with Crippen LogP contribution in [0.25, 0.3) is 0 Å². The van der Waals surface area contributed by atoms with Crippen LogP contribution >= 0.6 is 11.6 Å². The minimum absolute atomic E-state index is 0.213. The molecule has 5 nitrogen and oxygen atoms in total. The quantitative estimate of drug-likeness (QED) is 0.799. The van der Waals surface area contributed by atoms with Gasteiger partial charge in [0, 0.05) is 6.20 Å². The molecule has 0 aliphatic carbocycles. The lowest BCUT2D eigenvalue weighted by molar-refractivity contribution is -0.182. The van der Waals surface area contributed by atoms with Gasteiger partial charge < -0.3 is 5.73 Å². The molecule has 0 radical (unpaired) electrons. The van der Waals surface area contributed by atoms with Crippen LogP contribution in [0.4, 0.5) is 37.8 Å². The van der Waals surface area contributed by atoms with Gasteiger partial charge in [0.1, 0.15) is 0 Å². The van der Waals surface area contributed by atoms with E-state index in [-0.39, 0.29) is 5.02 Å². The number of nitrogens with zero attached hydrogens (tertiary/aromatic N) is 2. The monoisotopic (exact) mass is 335 g/mol. The first-order valence-corrected chi connectivity index (χ1v) is 5.17. The van der Waals surface area contributed by atoms with Crippen LogP contribution in [-0.4, -0.2) is 29.2 Å². The van der Waals surface area contributed by atoms with Gasteiger partial charge in [0.25, 0.3) is 0 Å². The number of hydrogen-bond acceptors (Lipinski definition) is 4. The molecule has 2 N–H and O–H groups in total. The second-order valence-corrected chi connectivity index (χ2v) is 3.94. The summed E-state index contributed by atoms with van der Waals surface area (Å²) in [6.07, 6.45) is -10.9. The summed E-state index contributed by atoms with van der Waals surface area (Å²) < 4.78 is 74.0. The van der Waals surface area contributed by atoms with Gasteiger partial charge in [-0.05, 0) is 6.07 Å². The first kappa shape index (κ1) is 17.0. The Morgan fingerprint density at radius 3 is 1.86 bits per heavy atom. The van der Waals surface area contributed by atoms with E-state index < -0.39 is 40.6 Å². The highest BCUT2D eigenvalue weighted by Crippen LogP contribution is 2.31. The highest BCUT2D eigenvalue weighted by molar-refractivity contribution is 6.31. The van der Waals surface area contributed by atoms with Crippen LogP contribution in [0.5, 0.6) is 0 Å². The summed E-state index contributed by atoms with van der Waals surface area (Å²) in [5.74, 6) is -7.47. The lowest BCUT2D eigenvalue weighted by Gasteiger charge is -2.23. The number of pyridine rings is 1. The number of anilines is 2. The lowest BCUT2D eigenvalue weighted by atomic mass is 10.3. The van der Waals surface area contributed by atoms with Gasteiger partial charge in [-0.3, -0.25) is 9.59 Å². The molecule has 0 aliphatic heterocycles. The molecule has 0 spiro atoms. The Hall–Kier alpha value is -2.04. The number of alkyl halides is 6. The molecule has 2 amide bonds. The molecule has 12 heteroatoms. The Balaban J connectivity index is 3.46. The summed E-state index contributed by atoms with van der Waals surface area (Å²) in [6.45, 7) is 0. The maximum Gasteiger partial charge on any atom is 0.472 e. The van der Waals surface area contributed by atoms with Crippen molar-refractivity contribution in [1.82, 2.24) is 4.98 Å². The molecule has 116 valence electrons. The molecule has 0 aromatic carbocycles. The van der Waals surface area contributed by atoms with Gasteiger partial charge in [0.2, 0.25) is 0 Å². The summed E-state index contributed by atoms with van der Waals surface area (Å²) >= 11 is 5.39. The van der Waals surface area contributed by atoms with Gasteiger partial charge in [0.15, 0.2) is 5.82 Å². The number of amides is 2. The fourth-order valence-electron chi connectivity index (χ4n) is 1.17. The zero-order chi connectivity index (χ0) is 16.6. The molecule has 0 bridgehead atoms. The predicted molar refractivity (Wildman–Crippen MR) is 58.3 cm³/mol. The third-order valence-electron chi connectivity index (χ3n) is 1.96. The second kappa shape index (κ2) is 5.39. The molecule has 1 aromatic heterocycles. The van der Waals surface area contributed by atoms with Crippen molar-refractivity contribution in [2.24, 2.45) is 0 Å². The molecular weight excluding hydrogens is 332 g/mol. The van der Waals surface area contributed by atoms with Gasteiger partial charge in [-0.15, -0.1) is 0 Å². The number of halogens is 7. The van der Waals surface area contributed by atoms with Gasteiger partial charge >= 0.3 is 24.2 Å².